The van der Waals surface area contributed by atoms with Crippen LogP contribution in [0, 0.1) is 13.8 Å². The van der Waals surface area contributed by atoms with Gasteiger partial charge in [0.2, 0.25) is 5.91 Å². The van der Waals surface area contributed by atoms with E-state index in [4.69, 9.17) is 11.6 Å². The number of hydrogen-bond donors (Lipinski definition) is 0. The number of hydrogen-bond acceptors (Lipinski definition) is 1. The minimum Gasteiger partial charge on any atom is -0.279 e. The number of fused-ring (bicyclic) bond motifs is 1. The fraction of sp³-hybridized carbons (Fsp3) is 0.167. The Morgan fingerprint density at radius 1 is 1.00 bits per heavy atom. The van der Waals surface area contributed by atoms with Gasteiger partial charge in [0, 0.05) is 17.9 Å². The van der Waals surface area contributed by atoms with Crippen LogP contribution in [0.3, 0.4) is 0 Å². The van der Waals surface area contributed by atoms with Gasteiger partial charge in [-0.15, -0.1) is 0 Å². The monoisotopic (exact) mass is 297 g/mol. The van der Waals surface area contributed by atoms with E-state index in [1.807, 2.05) is 56.3 Å². The second-order valence-corrected chi connectivity index (χ2v) is 5.78. The minimum atomic E-state index is -0.0358. The summed E-state index contributed by atoms with van der Waals surface area (Å²) in [6.07, 6.45) is 0. The molecule has 1 heterocycles. The van der Waals surface area contributed by atoms with Crippen LogP contribution in [0.2, 0.25) is 5.02 Å². The number of aryl methyl sites for hydroxylation is 2. The molecule has 0 radical (unpaired) electrons. The molecule has 0 saturated heterocycles. The van der Waals surface area contributed by atoms with Crippen molar-refractivity contribution in [2.45, 2.75) is 20.8 Å². The highest BCUT2D eigenvalue weighted by Gasteiger charge is 2.19. The molecule has 0 saturated carbocycles. The van der Waals surface area contributed by atoms with Crippen LogP contribution >= 0.6 is 11.6 Å². The van der Waals surface area contributed by atoms with Crippen molar-refractivity contribution in [3.05, 3.63) is 58.6 Å². The maximum atomic E-state index is 12.1. The number of aromatic nitrogens is 1. The van der Waals surface area contributed by atoms with E-state index < -0.39 is 0 Å². The van der Waals surface area contributed by atoms with Gasteiger partial charge < -0.3 is 0 Å². The molecule has 3 rings (SSSR count). The summed E-state index contributed by atoms with van der Waals surface area (Å²) in [6, 6.07) is 14.0. The van der Waals surface area contributed by atoms with Crippen molar-refractivity contribution in [3.63, 3.8) is 0 Å². The Bertz CT molecular complexity index is 844. The first-order valence-corrected chi connectivity index (χ1v) is 7.25. The maximum absolute atomic E-state index is 12.1. The Hall–Kier alpha value is -2.06. The Labute approximate surface area is 129 Å². The predicted octanol–water partition coefficient (Wildman–Crippen LogP) is 5.24. The normalized spacial score (nSPS) is 11.0. The molecule has 2 nitrogen and oxygen atoms in total. The van der Waals surface area contributed by atoms with E-state index in [-0.39, 0.29) is 5.91 Å². The first-order valence-electron chi connectivity index (χ1n) is 6.87. The van der Waals surface area contributed by atoms with Gasteiger partial charge in [-0.25, -0.2) is 0 Å². The van der Waals surface area contributed by atoms with Crippen LogP contribution in [0.4, 0.5) is 0 Å². The van der Waals surface area contributed by atoms with Crippen molar-refractivity contribution < 1.29 is 4.79 Å². The highest BCUT2D eigenvalue weighted by Crippen LogP contribution is 2.38. The zero-order valence-corrected chi connectivity index (χ0v) is 13.0. The molecule has 0 aliphatic heterocycles. The highest BCUT2D eigenvalue weighted by atomic mass is 35.5. The highest BCUT2D eigenvalue weighted by molar-refractivity contribution is 6.39. The van der Waals surface area contributed by atoms with Crippen LogP contribution in [0.25, 0.3) is 22.2 Å². The summed E-state index contributed by atoms with van der Waals surface area (Å²) in [5.41, 5.74) is 4.88. The molecule has 0 amide bonds. The lowest BCUT2D eigenvalue weighted by molar-refractivity contribution is 0.0943. The van der Waals surface area contributed by atoms with E-state index in [0.717, 1.165) is 27.7 Å². The summed E-state index contributed by atoms with van der Waals surface area (Å²) >= 11 is 6.58. The Kier molecular flexibility index (Phi) is 3.34. The zero-order valence-electron chi connectivity index (χ0n) is 12.3. The van der Waals surface area contributed by atoms with Crippen LogP contribution in [-0.4, -0.2) is 10.5 Å². The largest absolute Gasteiger partial charge is 0.279 e. The molecular weight excluding hydrogens is 282 g/mol. The van der Waals surface area contributed by atoms with Gasteiger partial charge >= 0.3 is 0 Å². The van der Waals surface area contributed by atoms with Gasteiger partial charge in [-0.3, -0.25) is 9.36 Å². The van der Waals surface area contributed by atoms with Gasteiger partial charge in [0.1, 0.15) is 0 Å². The second-order valence-electron chi connectivity index (χ2n) is 5.40. The SMILES string of the molecule is CC(=O)n1c(-c2ccc(C)cc2)c(Cl)c2cc(C)ccc21. The molecule has 2 aromatic carbocycles. The lowest BCUT2D eigenvalue weighted by atomic mass is 10.1. The molecule has 0 spiro atoms. The summed E-state index contributed by atoms with van der Waals surface area (Å²) in [7, 11) is 0. The summed E-state index contributed by atoms with van der Waals surface area (Å²) in [5, 5.41) is 1.55. The fourth-order valence-electron chi connectivity index (χ4n) is 2.66. The van der Waals surface area contributed by atoms with Crippen LogP contribution in [0.5, 0.6) is 0 Å². The number of carbonyl (C=O) groups excluding carboxylic acids is 1. The van der Waals surface area contributed by atoms with Gasteiger partial charge in [-0.2, -0.15) is 0 Å². The number of carbonyl (C=O) groups is 1. The average molecular weight is 298 g/mol. The predicted molar refractivity (Wildman–Crippen MR) is 88.2 cm³/mol. The summed E-state index contributed by atoms with van der Waals surface area (Å²) in [4.78, 5) is 12.1. The molecule has 3 aromatic rings. The van der Waals surface area contributed by atoms with Crippen molar-refractivity contribution in [2.75, 3.05) is 0 Å². The third kappa shape index (κ3) is 2.26. The molecule has 0 aliphatic carbocycles. The first kappa shape index (κ1) is 13.9. The molecule has 0 bridgehead atoms. The average Bonchev–Trinajstić information content (AvgIpc) is 2.73. The lowest BCUT2D eigenvalue weighted by Gasteiger charge is -2.07. The van der Waals surface area contributed by atoms with E-state index in [1.165, 1.54) is 5.56 Å². The van der Waals surface area contributed by atoms with Crippen LogP contribution < -0.4 is 0 Å². The molecule has 0 N–H and O–H groups in total. The molecule has 0 atom stereocenters. The third-order valence-electron chi connectivity index (χ3n) is 3.70. The standard InChI is InChI=1S/C18H16ClNO/c1-11-4-7-14(8-5-11)18-17(19)15-10-12(2)6-9-16(15)20(18)13(3)21/h4-10H,1-3H3. The van der Waals surface area contributed by atoms with Gasteiger partial charge in [-0.1, -0.05) is 53.1 Å². The molecule has 1 aromatic heterocycles. The Morgan fingerprint density at radius 2 is 1.62 bits per heavy atom. The Balaban J connectivity index is 2.40. The Morgan fingerprint density at radius 3 is 2.24 bits per heavy atom. The van der Waals surface area contributed by atoms with Gasteiger partial charge in [-0.05, 0) is 26.0 Å². The lowest BCUT2D eigenvalue weighted by Crippen LogP contribution is -2.07. The van der Waals surface area contributed by atoms with Crippen molar-refractivity contribution in [3.8, 4) is 11.3 Å². The van der Waals surface area contributed by atoms with Crippen molar-refractivity contribution in [1.82, 2.24) is 4.57 Å². The molecule has 106 valence electrons. The number of halogens is 1. The zero-order chi connectivity index (χ0) is 15.1. The molecule has 0 aliphatic rings. The third-order valence-corrected chi connectivity index (χ3v) is 4.08. The van der Waals surface area contributed by atoms with E-state index >= 15 is 0 Å². The number of benzene rings is 2. The van der Waals surface area contributed by atoms with E-state index in [2.05, 4.69) is 0 Å². The molecule has 21 heavy (non-hydrogen) atoms. The van der Waals surface area contributed by atoms with Gasteiger partial charge in [0.05, 0.1) is 16.2 Å². The van der Waals surface area contributed by atoms with Crippen LogP contribution in [0.15, 0.2) is 42.5 Å². The second kappa shape index (κ2) is 5.05. The number of rotatable bonds is 1. The summed E-state index contributed by atoms with van der Waals surface area (Å²) in [5.74, 6) is -0.0358. The first-order chi connectivity index (χ1) is 9.99. The van der Waals surface area contributed by atoms with Crippen molar-refractivity contribution in [1.29, 1.82) is 0 Å². The molecule has 0 unspecified atom stereocenters. The number of nitrogens with zero attached hydrogens (tertiary/aromatic N) is 1. The van der Waals surface area contributed by atoms with E-state index in [9.17, 15) is 4.79 Å². The fourth-order valence-corrected chi connectivity index (χ4v) is 3.01. The molecular formula is C18H16ClNO. The van der Waals surface area contributed by atoms with Gasteiger partial charge in [0.25, 0.3) is 0 Å². The van der Waals surface area contributed by atoms with Crippen molar-refractivity contribution >= 4 is 28.4 Å². The minimum absolute atomic E-state index is 0.0358. The van der Waals surface area contributed by atoms with Crippen molar-refractivity contribution in [2.24, 2.45) is 0 Å². The molecule has 0 fully saturated rings. The smallest absolute Gasteiger partial charge is 0.228 e. The summed E-state index contributed by atoms with van der Waals surface area (Å²) < 4.78 is 1.70. The molecule has 3 heteroatoms. The maximum Gasteiger partial charge on any atom is 0.228 e. The quantitative estimate of drug-likeness (QED) is 0.602. The van der Waals surface area contributed by atoms with Crippen LogP contribution in [0.1, 0.15) is 22.8 Å². The van der Waals surface area contributed by atoms with E-state index in [0.29, 0.717) is 5.02 Å². The van der Waals surface area contributed by atoms with Crippen LogP contribution in [-0.2, 0) is 0 Å². The van der Waals surface area contributed by atoms with E-state index in [1.54, 1.807) is 11.5 Å². The van der Waals surface area contributed by atoms with Gasteiger partial charge in [0.15, 0.2) is 0 Å². The summed E-state index contributed by atoms with van der Waals surface area (Å²) in [6.45, 7) is 5.62. The topological polar surface area (TPSA) is 22.0 Å².